The molecule has 0 aromatic carbocycles. The zero-order chi connectivity index (χ0) is 33.5. The second-order valence-electron chi connectivity index (χ2n) is 9.62. The maximum absolute atomic E-state index is 14.4. The smallest absolute Gasteiger partial charge is 0.469 e. The molecule has 2 aliphatic rings. The molecule has 8 atom stereocenters. The fourth-order valence-corrected chi connectivity index (χ4v) is 5.36. The van der Waals surface area contributed by atoms with Crippen LogP contribution in [0.3, 0.4) is 0 Å². The number of phosphoric acid groups is 1. The molecule has 6 heterocycles. The molecule has 0 spiro atoms. The molecule has 0 bridgehead atoms. The van der Waals surface area contributed by atoms with Crippen LogP contribution in [0.5, 0.6) is 11.8 Å². The van der Waals surface area contributed by atoms with Crippen molar-refractivity contribution in [3.63, 3.8) is 0 Å². The molecule has 19 nitrogen and oxygen atoms in total. The lowest BCUT2D eigenvalue weighted by Gasteiger charge is -2.15. The first-order chi connectivity index (χ1) is 21.8. The van der Waals surface area contributed by atoms with E-state index in [9.17, 15) is 23.6 Å². The lowest BCUT2D eigenvalue weighted by atomic mass is 10.1. The van der Waals surface area contributed by atoms with E-state index < -0.39 is 70.3 Å². The van der Waals surface area contributed by atoms with E-state index >= 15 is 0 Å². The molecular formula is C22H25Cl2F2N8O11P. The van der Waals surface area contributed by atoms with Crippen molar-refractivity contribution in [2.45, 2.75) is 49.2 Å². The van der Waals surface area contributed by atoms with Gasteiger partial charge in [0.05, 0.1) is 40.1 Å². The quantitative estimate of drug-likeness (QED) is 0.121. The fraction of sp³-hybridized carbons (Fsp3) is 0.545. The summed E-state index contributed by atoms with van der Waals surface area (Å²) in [5, 5.41) is 28.4. The van der Waals surface area contributed by atoms with Crippen molar-refractivity contribution in [3.05, 3.63) is 23.2 Å². The van der Waals surface area contributed by atoms with Gasteiger partial charge in [0, 0.05) is 0 Å². The van der Waals surface area contributed by atoms with Gasteiger partial charge in [-0.15, -0.1) is 0 Å². The Labute approximate surface area is 265 Å². The summed E-state index contributed by atoms with van der Waals surface area (Å²) in [6.07, 6.45) is -9.12. The van der Waals surface area contributed by atoms with E-state index in [0.717, 1.165) is 0 Å². The predicted molar refractivity (Wildman–Crippen MR) is 148 cm³/mol. The minimum Gasteiger partial charge on any atom is -0.479 e. The number of aliphatic hydroxyl groups excluding tert-OH is 3. The van der Waals surface area contributed by atoms with Gasteiger partial charge in [-0.1, -0.05) is 0 Å². The number of aliphatic hydroxyl groups is 3. The summed E-state index contributed by atoms with van der Waals surface area (Å²) < 4.78 is 66.8. The van der Waals surface area contributed by atoms with Crippen LogP contribution in [0.2, 0.25) is 10.6 Å². The molecule has 6 rings (SSSR count). The lowest BCUT2D eigenvalue weighted by molar-refractivity contribution is -0.0459. The third-order valence-corrected chi connectivity index (χ3v) is 7.66. The van der Waals surface area contributed by atoms with Crippen LogP contribution in [-0.4, -0.2) is 128 Å². The monoisotopic (exact) mass is 716 g/mol. The van der Waals surface area contributed by atoms with Gasteiger partial charge in [-0.05, 0) is 23.2 Å². The molecule has 0 saturated carbocycles. The number of ether oxygens (including phenoxy) is 4. The average Bonchev–Trinajstić information content (AvgIpc) is 3.76. The maximum Gasteiger partial charge on any atom is 0.469 e. The van der Waals surface area contributed by atoms with Gasteiger partial charge in [0.25, 0.3) is 0 Å². The van der Waals surface area contributed by atoms with E-state index in [1.54, 1.807) is 0 Å². The van der Waals surface area contributed by atoms with Crippen molar-refractivity contribution in [1.29, 1.82) is 0 Å². The Morgan fingerprint density at radius 3 is 1.67 bits per heavy atom. The van der Waals surface area contributed by atoms with Crippen LogP contribution in [0.1, 0.15) is 12.5 Å². The minimum atomic E-state index is -4.79. The topological polar surface area (TPSA) is 252 Å². The van der Waals surface area contributed by atoms with Gasteiger partial charge in [-0.3, -0.25) is 13.7 Å². The number of imidazole rings is 2. The molecule has 46 heavy (non-hydrogen) atoms. The van der Waals surface area contributed by atoms with Crippen LogP contribution in [0.4, 0.5) is 8.78 Å². The molecule has 4 aromatic heterocycles. The van der Waals surface area contributed by atoms with E-state index in [2.05, 4.69) is 34.4 Å². The van der Waals surface area contributed by atoms with Crippen molar-refractivity contribution >= 4 is 53.4 Å². The number of hydrogen-bond donors (Lipinski definition) is 5. The molecule has 2 saturated heterocycles. The summed E-state index contributed by atoms with van der Waals surface area (Å²) in [6.45, 7) is -1.20. The van der Waals surface area contributed by atoms with Crippen LogP contribution >= 0.6 is 31.0 Å². The van der Waals surface area contributed by atoms with Crippen molar-refractivity contribution in [3.8, 4) is 11.8 Å². The molecule has 24 heteroatoms. The standard InChI is InChI=1S/C11H13ClFN4O7P.C11H12ClFN4O4/c1-22-9-6-8(15-11(12)16-9)17(3-14-6)10-5(13)7(18)4(24-10)2-23-25(19,20)21;1-20-9-6-8(15-11(12)16-9)17(3-14-6)10-5(13)7(19)4(2-18)21-10/h3-5,7,10,18H,2H2,1H3,(H2,19,20,21);3-5,7,10,18-19H,2H2,1H3/t2*4-,5-,7?,10-/m11/s1. The Hall–Kier alpha value is -2.95. The predicted octanol–water partition coefficient (Wildman–Crippen LogP) is 0.271. The molecule has 2 unspecified atom stereocenters. The molecule has 2 aliphatic heterocycles. The highest BCUT2D eigenvalue weighted by Gasteiger charge is 2.47. The fourth-order valence-electron chi connectivity index (χ4n) is 4.70. The molecule has 252 valence electrons. The Morgan fingerprint density at radius 2 is 1.28 bits per heavy atom. The Balaban J connectivity index is 0.000000184. The SMILES string of the molecule is COc1nc(Cl)nc2c1ncn2[C@@H]1O[C@H](CO)C(O)[C@H]1F.COc1nc(Cl)nc2c1ncn2[C@@H]1O[C@H](COP(=O)(O)O)C(O)[C@H]1F. The van der Waals surface area contributed by atoms with Gasteiger partial charge < -0.3 is 44.1 Å². The zero-order valence-electron chi connectivity index (χ0n) is 23.4. The Morgan fingerprint density at radius 1 is 0.848 bits per heavy atom. The summed E-state index contributed by atoms with van der Waals surface area (Å²) in [5.41, 5.74) is 0.810. The number of halogens is 4. The summed E-state index contributed by atoms with van der Waals surface area (Å²) >= 11 is 11.6. The first-order valence-corrected chi connectivity index (χ1v) is 15.2. The minimum absolute atomic E-state index is 0.0732. The van der Waals surface area contributed by atoms with Crippen LogP contribution in [0, 0.1) is 0 Å². The van der Waals surface area contributed by atoms with E-state index in [0.29, 0.717) is 5.52 Å². The van der Waals surface area contributed by atoms with Crippen molar-refractivity contribution in [1.82, 2.24) is 39.0 Å². The first-order valence-electron chi connectivity index (χ1n) is 12.9. The molecular weight excluding hydrogens is 692 g/mol. The van der Waals surface area contributed by atoms with Crippen LogP contribution in [0.15, 0.2) is 12.7 Å². The highest BCUT2D eigenvalue weighted by Crippen LogP contribution is 2.40. The third kappa shape index (κ3) is 6.71. The summed E-state index contributed by atoms with van der Waals surface area (Å²) in [5.74, 6) is 0.223. The van der Waals surface area contributed by atoms with Gasteiger partial charge in [-0.25, -0.2) is 23.3 Å². The normalized spacial score (nSPS) is 28.1. The first kappa shape index (κ1) is 34.4. The van der Waals surface area contributed by atoms with Crippen molar-refractivity contribution in [2.24, 2.45) is 0 Å². The number of phosphoric ester groups is 1. The number of rotatable bonds is 8. The van der Waals surface area contributed by atoms with Crippen LogP contribution in [0.25, 0.3) is 22.3 Å². The highest BCUT2D eigenvalue weighted by atomic mass is 35.5. The molecule has 0 amide bonds. The van der Waals surface area contributed by atoms with Gasteiger partial charge in [0.1, 0.15) is 24.4 Å². The third-order valence-electron chi connectivity index (χ3n) is 6.83. The molecule has 2 fully saturated rings. The Bertz CT molecular complexity index is 1750. The second kappa shape index (κ2) is 13.6. The van der Waals surface area contributed by atoms with Gasteiger partial charge in [-0.2, -0.15) is 19.9 Å². The van der Waals surface area contributed by atoms with Crippen molar-refractivity contribution in [2.75, 3.05) is 27.4 Å². The Kier molecular flexibility index (Phi) is 10.2. The van der Waals surface area contributed by atoms with Gasteiger partial charge in [0.15, 0.2) is 47.1 Å². The number of nitrogens with zero attached hydrogens (tertiary/aromatic N) is 8. The molecule has 5 N–H and O–H groups in total. The van der Waals surface area contributed by atoms with E-state index in [1.165, 1.54) is 36.0 Å². The number of fused-ring (bicyclic) bond motifs is 2. The van der Waals surface area contributed by atoms with Crippen LogP contribution in [-0.2, 0) is 18.6 Å². The average molecular weight is 717 g/mol. The van der Waals surface area contributed by atoms with Gasteiger partial charge >= 0.3 is 7.82 Å². The summed E-state index contributed by atoms with van der Waals surface area (Å²) in [7, 11) is -2.04. The van der Waals surface area contributed by atoms with Gasteiger partial charge in [0.2, 0.25) is 22.3 Å². The molecule has 4 aromatic rings. The highest BCUT2D eigenvalue weighted by molar-refractivity contribution is 7.46. The second-order valence-corrected chi connectivity index (χ2v) is 11.5. The van der Waals surface area contributed by atoms with Crippen LogP contribution < -0.4 is 9.47 Å². The number of alkyl halides is 2. The number of aromatic nitrogens is 8. The summed E-state index contributed by atoms with van der Waals surface area (Å²) in [4.78, 5) is 41.1. The molecule has 0 aliphatic carbocycles. The largest absolute Gasteiger partial charge is 0.479 e. The number of methoxy groups -OCH3 is 2. The molecule has 0 radical (unpaired) electrons. The lowest BCUT2D eigenvalue weighted by Crippen LogP contribution is -2.31. The summed E-state index contributed by atoms with van der Waals surface area (Å²) in [6, 6.07) is 0. The van der Waals surface area contributed by atoms with E-state index in [-0.39, 0.29) is 39.1 Å². The van der Waals surface area contributed by atoms with Crippen molar-refractivity contribution < 1.29 is 61.9 Å². The van der Waals surface area contributed by atoms with E-state index in [1.807, 2.05) is 0 Å². The zero-order valence-corrected chi connectivity index (χ0v) is 25.8. The number of hydrogen-bond acceptors (Lipinski definition) is 15. The van der Waals surface area contributed by atoms with E-state index in [4.69, 9.17) is 57.0 Å². The maximum atomic E-state index is 14.4.